The number of rotatable bonds is 4. The van der Waals surface area contributed by atoms with Crippen LogP contribution in [-0.4, -0.2) is 24.6 Å². The second-order valence-corrected chi connectivity index (χ2v) is 8.13. The van der Waals surface area contributed by atoms with Gasteiger partial charge in [0.25, 0.3) is 0 Å². The lowest BCUT2D eigenvalue weighted by atomic mass is 10.0. The Morgan fingerprint density at radius 3 is 2.61 bits per heavy atom. The van der Waals surface area contributed by atoms with Crippen LogP contribution in [0.4, 0.5) is 10.1 Å². The third-order valence-corrected chi connectivity index (χ3v) is 5.25. The number of aliphatic imine (C=N–C) groups is 1. The van der Waals surface area contributed by atoms with Crippen LogP contribution >= 0.6 is 11.6 Å². The number of hydrogen-bond donors (Lipinski definition) is 1. The average Bonchev–Trinajstić information content (AvgIpc) is 2.60. The molecule has 0 saturated carbocycles. The van der Waals surface area contributed by atoms with Crippen LogP contribution in [-0.2, 0) is 10.0 Å². The fourth-order valence-corrected chi connectivity index (χ4v) is 3.44. The smallest absolute Gasteiger partial charge is 0.240 e. The van der Waals surface area contributed by atoms with Gasteiger partial charge in [-0.1, -0.05) is 17.7 Å². The number of benzene rings is 1. The van der Waals surface area contributed by atoms with Crippen LogP contribution < -0.4 is 5.14 Å². The van der Waals surface area contributed by atoms with Gasteiger partial charge in [-0.3, -0.25) is 15.0 Å². The standard InChI is InChI=1S/C19H16ClFN4O2S/c1-11-3-4-18(28(22,26)27)17(5-11)24-8-13-7-23-10-15(12(13)2)19-16(21)6-14(20)9-25-19/h3-10H,1-2H3,(H2,22,26,27). The average molecular weight is 419 g/mol. The predicted octanol–water partition coefficient (Wildman–Crippen LogP) is 3.95. The summed E-state index contributed by atoms with van der Waals surface area (Å²) in [6.45, 7) is 3.58. The minimum Gasteiger partial charge on any atom is -0.263 e. The van der Waals surface area contributed by atoms with Crippen LogP contribution in [0, 0.1) is 19.7 Å². The summed E-state index contributed by atoms with van der Waals surface area (Å²) in [5.74, 6) is -0.568. The highest BCUT2D eigenvalue weighted by Crippen LogP contribution is 2.28. The van der Waals surface area contributed by atoms with E-state index in [0.717, 1.165) is 5.56 Å². The molecule has 3 aromatic rings. The summed E-state index contributed by atoms with van der Waals surface area (Å²) in [6.07, 6.45) is 5.85. The highest BCUT2D eigenvalue weighted by molar-refractivity contribution is 7.89. The molecule has 144 valence electrons. The van der Waals surface area contributed by atoms with Crippen LogP contribution in [0.25, 0.3) is 11.3 Å². The molecule has 0 radical (unpaired) electrons. The second kappa shape index (κ2) is 7.75. The Labute approximate surface area is 167 Å². The zero-order valence-electron chi connectivity index (χ0n) is 15.0. The summed E-state index contributed by atoms with van der Waals surface area (Å²) in [5, 5.41) is 5.45. The Kier molecular flexibility index (Phi) is 5.55. The highest BCUT2D eigenvalue weighted by Gasteiger charge is 2.15. The van der Waals surface area contributed by atoms with Crippen molar-refractivity contribution in [2.75, 3.05) is 0 Å². The van der Waals surface area contributed by atoms with Crippen LogP contribution in [0.3, 0.4) is 0 Å². The molecule has 0 aliphatic heterocycles. The molecule has 0 fully saturated rings. The van der Waals surface area contributed by atoms with E-state index in [9.17, 15) is 12.8 Å². The molecule has 0 aliphatic rings. The van der Waals surface area contributed by atoms with Crippen LogP contribution in [0.1, 0.15) is 16.7 Å². The number of pyridine rings is 2. The topological polar surface area (TPSA) is 98.3 Å². The maximum atomic E-state index is 14.2. The molecule has 2 N–H and O–H groups in total. The lowest BCUT2D eigenvalue weighted by Crippen LogP contribution is -2.12. The van der Waals surface area contributed by atoms with E-state index in [1.165, 1.54) is 30.7 Å². The van der Waals surface area contributed by atoms with Gasteiger partial charge in [0.2, 0.25) is 10.0 Å². The van der Waals surface area contributed by atoms with Gasteiger partial charge in [-0.05, 0) is 43.2 Å². The Morgan fingerprint density at radius 2 is 1.93 bits per heavy atom. The maximum Gasteiger partial charge on any atom is 0.240 e. The fraction of sp³-hybridized carbons (Fsp3) is 0.105. The van der Waals surface area contributed by atoms with Gasteiger partial charge in [-0.25, -0.2) is 17.9 Å². The number of aromatic nitrogens is 2. The van der Waals surface area contributed by atoms with E-state index in [4.69, 9.17) is 16.7 Å². The first-order chi connectivity index (χ1) is 13.2. The van der Waals surface area contributed by atoms with Crippen LogP contribution in [0.5, 0.6) is 0 Å². The monoisotopic (exact) mass is 418 g/mol. The minimum atomic E-state index is -3.93. The first-order valence-electron chi connectivity index (χ1n) is 8.10. The van der Waals surface area contributed by atoms with Crippen molar-refractivity contribution in [3.63, 3.8) is 0 Å². The van der Waals surface area contributed by atoms with E-state index in [-0.39, 0.29) is 21.3 Å². The Hall–Kier alpha value is -2.68. The van der Waals surface area contributed by atoms with Gasteiger partial charge < -0.3 is 0 Å². The van der Waals surface area contributed by atoms with E-state index in [1.54, 1.807) is 25.3 Å². The van der Waals surface area contributed by atoms with Crippen molar-refractivity contribution < 1.29 is 12.8 Å². The Bertz CT molecular complexity index is 1200. The largest absolute Gasteiger partial charge is 0.263 e. The quantitative estimate of drug-likeness (QED) is 0.648. The molecule has 3 rings (SSSR count). The number of hydrogen-bond acceptors (Lipinski definition) is 5. The molecule has 6 nitrogen and oxygen atoms in total. The number of nitrogens with zero attached hydrogens (tertiary/aromatic N) is 3. The molecule has 0 atom stereocenters. The molecule has 1 aromatic carbocycles. The molecule has 2 aromatic heterocycles. The lowest BCUT2D eigenvalue weighted by Gasteiger charge is -2.09. The summed E-state index contributed by atoms with van der Waals surface area (Å²) in [6, 6.07) is 5.84. The minimum absolute atomic E-state index is 0.0819. The van der Waals surface area contributed by atoms with Crippen molar-refractivity contribution in [1.82, 2.24) is 9.97 Å². The molecular weight excluding hydrogens is 403 g/mol. The number of halogens is 2. The van der Waals surface area contributed by atoms with Crippen molar-refractivity contribution in [1.29, 1.82) is 0 Å². The van der Waals surface area contributed by atoms with Crippen LogP contribution in [0.2, 0.25) is 5.02 Å². The maximum absolute atomic E-state index is 14.2. The first-order valence-corrected chi connectivity index (χ1v) is 10.0. The summed E-state index contributed by atoms with van der Waals surface area (Å²) in [5.41, 5.74) is 2.89. The van der Waals surface area contributed by atoms with Crippen molar-refractivity contribution in [2.45, 2.75) is 18.7 Å². The van der Waals surface area contributed by atoms with Gasteiger partial charge in [0.1, 0.15) is 10.6 Å². The summed E-state index contributed by atoms with van der Waals surface area (Å²) >= 11 is 5.76. The number of aryl methyl sites for hydroxylation is 1. The molecule has 0 unspecified atom stereocenters. The Balaban J connectivity index is 2.07. The van der Waals surface area contributed by atoms with Crippen molar-refractivity contribution in [3.8, 4) is 11.3 Å². The van der Waals surface area contributed by atoms with E-state index in [2.05, 4.69) is 15.0 Å². The molecule has 28 heavy (non-hydrogen) atoms. The van der Waals surface area contributed by atoms with Gasteiger partial charge in [0, 0.05) is 35.9 Å². The molecule has 2 heterocycles. The Morgan fingerprint density at radius 1 is 1.18 bits per heavy atom. The number of sulfonamides is 1. The molecule has 9 heteroatoms. The van der Waals surface area contributed by atoms with Crippen molar-refractivity contribution in [3.05, 3.63) is 70.4 Å². The molecule has 0 saturated heterocycles. The predicted molar refractivity (Wildman–Crippen MR) is 107 cm³/mol. The van der Waals surface area contributed by atoms with E-state index >= 15 is 0 Å². The summed E-state index contributed by atoms with van der Waals surface area (Å²) in [4.78, 5) is 12.3. The molecule has 0 spiro atoms. The van der Waals surface area contributed by atoms with E-state index < -0.39 is 15.8 Å². The third kappa shape index (κ3) is 4.24. The van der Waals surface area contributed by atoms with Crippen molar-refractivity contribution >= 4 is 33.5 Å². The molecule has 0 amide bonds. The van der Waals surface area contributed by atoms with Gasteiger partial charge in [0.15, 0.2) is 5.82 Å². The molecule has 0 aliphatic carbocycles. The molecule has 0 bridgehead atoms. The van der Waals surface area contributed by atoms with Gasteiger partial charge in [0.05, 0.1) is 10.7 Å². The number of nitrogens with two attached hydrogens (primary N) is 1. The van der Waals surface area contributed by atoms with Gasteiger partial charge in [-0.15, -0.1) is 0 Å². The third-order valence-electron chi connectivity index (χ3n) is 4.08. The fourth-order valence-electron chi connectivity index (χ4n) is 2.63. The summed E-state index contributed by atoms with van der Waals surface area (Å²) < 4.78 is 37.8. The normalized spacial score (nSPS) is 11.9. The van der Waals surface area contributed by atoms with Gasteiger partial charge >= 0.3 is 0 Å². The second-order valence-electron chi connectivity index (χ2n) is 6.16. The SMILES string of the molecule is Cc1ccc(S(N)(=O)=O)c(N=Cc2cncc(-c3ncc(Cl)cc3F)c2C)c1. The first kappa shape index (κ1) is 20.1. The van der Waals surface area contributed by atoms with E-state index in [0.29, 0.717) is 16.7 Å². The summed E-state index contributed by atoms with van der Waals surface area (Å²) in [7, 11) is -3.93. The number of primary sulfonamides is 1. The zero-order chi connectivity index (χ0) is 20.5. The highest BCUT2D eigenvalue weighted by atomic mass is 35.5. The zero-order valence-corrected chi connectivity index (χ0v) is 16.6. The molecular formula is C19H16ClFN4O2S. The lowest BCUT2D eigenvalue weighted by molar-refractivity contribution is 0.598. The van der Waals surface area contributed by atoms with E-state index in [1.807, 2.05) is 6.92 Å². The van der Waals surface area contributed by atoms with Gasteiger partial charge in [-0.2, -0.15) is 0 Å². The van der Waals surface area contributed by atoms with Crippen molar-refractivity contribution in [2.24, 2.45) is 10.1 Å². The van der Waals surface area contributed by atoms with Crippen LogP contribution in [0.15, 0.2) is 52.7 Å².